The summed E-state index contributed by atoms with van der Waals surface area (Å²) < 4.78 is 17.4. The highest BCUT2D eigenvalue weighted by molar-refractivity contribution is 5.88. The van der Waals surface area contributed by atoms with E-state index in [0.29, 0.717) is 12.6 Å². The molecule has 0 N–H and O–H groups in total. The second-order valence-corrected chi connectivity index (χ2v) is 8.51. The molecule has 0 aliphatic carbocycles. The lowest BCUT2D eigenvalue weighted by Gasteiger charge is -2.55. The summed E-state index contributed by atoms with van der Waals surface area (Å²) in [5.41, 5.74) is 3.84. The van der Waals surface area contributed by atoms with Gasteiger partial charge in [0, 0.05) is 18.2 Å². The SMILES string of the molecule is COc1cc2c(c(OC)c1)C1C3CCCC(C(=O)N1CC2)N3c1nc2ccccc2o1. The van der Waals surface area contributed by atoms with Gasteiger partial charge in [-0.1, -0.05) is 12.1 Å². The van der Waals surface area contributed by atoms with Crippen LogP contribution in [0, 0.1) is 0 Å². The fourth-order valence-corrected chi connectivity index (χ4v) is 5.69. The lowest BCUT2D eigenvalue weighted by molar-refractivity contribution is -0.141. The molecule has 3 atom stereocenters. The molecule has 31 heavy (non-hydrogen) atoms. The molecule has 7 nitrogen and oxygen atoms in total. The molecule has 1 amide bonds. The molecule has 2 saturated heterocycles. The lowest BCUT2D eigenvalue weighted by atomic mass is 9.78. The number of piperidine rings is 1. The first-order chi connectivity index (χ1) is 15.2. The Morgan fingerprint density at radius 3 is 2.81 bits per heavy atom. The van der Waals surface area contributed by atoms with Gasteiger partial charge < -0.3 is 23.7 Å². The van der Waals surface area contributed by atoms with E-state index < -0.39 is 0 Å². The van der Waals surface area contributed by atoms with Gasteiger partial charge in [0.05, 0.1) is 26.3 Å². The maximum atomic E-state index is 13.7. The van der Waals surface area contributed by atoms with E-state index in [2.05, 4.69) is 15.9 Å². The maximum absolute atomic E-state index is 13.7. The molecule has 2 aromatic carbocycles. The van der Waals surface area contributed by atoms with Gasteiger partial charge >= 0.3 is 0 Å². The number of carbonyl (C=O) groups is 1. The highest BCUT2D eigenvalue weighted by Crippen LogP contribution is 2.49. The third-order valence-electron chi connectivity index (χ3n) is 7.02. The molecule has 160 valence electrons. The molecule has 2 bridgehead atoms. The zero-order valence-corrected chi connectivity index (χ0v) is 17.7. The Bertz CT molecular complexity index is 1120. The summed E-state index contributed by atoms with van der Waals surface area (Å²) in [6.07, 6.45) is 3.60. The predicted octanol–water partition coefficient (Wildman–Crippen LogP) is 3.71. The van der Waals surface area contributed by atoms with E-state index in [1.165, 1.54) is 5.56 Å². The van der Waals surface area contributed by atoms with E-state index in [1.807, 2.05) is 30.3 Å². The van der Waals surface area contributed by atoms with E-state index in [0.717, 1.165) is 53.8 Å². The van der Waals surface area contributed by atoms with Gasteiger partial charge in [0.25, 0.3) is 6.01 Å². The monoisotopic (exact) mass is 419 g/mol. The molecule has 3 aliphatic rings. The second kappa shape index (κ2) is 6.90. The Morgan fingerprint density at radius 1 is 1.13 bits per heavy atom. The van der Waals surface area contributed by atoms with Crippen LogP contribution < -0.4 is 14.4 Å². The summed E-state index contributed by atoms with van der Waals surface area (Å²) in [6.45, 7) is 0.710. The van der Waals surface area contributed by atoms with Crippen molar-refractivity contribution in [1.29, 1.82) is 0 Å². The van der Waals surface area contributed by atoms with Crippen LogP contribution in [0.5, 0.6) is 11.5 Å². The van der Waals surface area contributed by atoms with E-state index in [1.54, 1.807) is 14.2 Å². The number of anilines is 1. The third kappa shape index (κ3) is 2.65. The van der Waals surface area contributed by atoms with Crippen LogP contribution in [0.2, 0.25) is 0 Å². The molecule has 7 heteroatoms. The minimum atomic E-state index is -0.228. The number of hydrogen-bond acceptors (Lipinski definition) is 6. The summed E-state index contributed by atoms with van der Waals surface area (Å²) in [5, 5.41) is 0. The number of para-hydroxylation sites is 2. The minimum absolute atomic E-state index is 0.0888. The molecule has 3 aliphatic heterocycles. The number of methoxy groups -OCH3 is 2. The van der Waals surface area contributed by atoms with E-state index >= 15 is 0 Å². The molecule has 0 saturated carbocycles. The number of aromatic nitrogens is 1. The molecule has 1 aromatic heterocycles. The van der Waals surface area contributed by atoms with Crippen LogP contribution >= 0.6 is 0 Å². The largest absolute Gasteiger partial charge is 0.497 e. The van der Waals surface area contributed by atoms with Crippen LogP contribution in [-0.2, 0) is 11.2 Å². The van der Waals surface area contributed by atoms with Gasteiger partial charge in [-0.3, -0.25) is 4.79 Å². The summed E-state index contributed by atoms with van der Waals surface area (Å²) in [4.78, 5) is 22.6. The van der Waals surface area contributed by atoms with Gasteiger partial charge in [-0.2, -0.15) is 4.98 Å². The average molecular weight is 419 g/mol. The van der Waals surface area contributed by atoms with Gasteiger partial charge in [0.15, 0.2) is 5.58 Å². The van der Waals surface area contributed by atoms with Crippen molar-refractivity contribution < 1.29 is 18.7 Å². The number of piperazine rings is 1. The van der Waals surface area contributed by atoms with Crippen molar-refractivity contribution in [3.8, 4) is 11.5 Å². The quantitative estimate of drug-likeness (QED) is 0.645. The van der Waals surface area contributed by atoms with Crippen LogP contribution in [0.3, 0.4) is 0 Å². The molecular weight excluding hydrogens is 394 g/mol. The Kier molecular flexibility index (Phi) is 4.13. The van der Waals surface area contributed by atoms with Crippen molar-refractivity contribution in [2.75, 3.05) is 25.7 Å². The predicted molar refractivity (Wildman–Crippen MR) is 116 cm³/mol. The van der Waals surface area contributed by atoms with E-state index in [-0.39, 0.29) is 24.0 Å². The average Bonchev–Trinajstić information content (AvgIpc) is 3.25. The fraction of sp³-hybridized carbons (Fsp3) is 0.417. The zero-order valence-electron chi connectivity index (χ0n) is 17.7. The number of benzene rings is 2. The van der Waals surface area contributed by atoms with Gasteiger partial charge in [-0.05, 0) is 49.4 Å². The normalized spacial score (nSPS) is 24.7. The van der Waals surface area contributed by atoms with Crippen molar-refractivity contribution in [2.45, 2.75) is 43.8 Å². The minimum Gasteiger partial charge on any atom is -0.497 e. The van der Waals surface area contributed by atoms with Gasteiger partial charge in [0.2, 0.25) is 5.91 Å². The molecule has 0 radical (unpaired) electrons. The Balaban J connectivity index is 1.51. The summed E-state index contributed by atoms with van der Waals surface area (Å²) in [6, 6.07) is 12.1. The Hall–Kier alpha value is -3.22. The number of fused-ring (bicyclic) bond motifs is 7. The van der Waals surface area contributed by atoms with Gasteiger partial charge in [-0.25, -0.2) is 0 Å². The van der Waals surface area contributed by atoms with Crippen LogP contribution in [0.1, 0.15) is 36.4 Å². The molecular formula is C24H25N3O4. The zero-order chi connectivity index (χ0) is 21.1. The van der Waals surface area contributed by atoms with Crippen LogP contribution in [0.15, 0.2) is 40.8 Å². The number of rotatable bonds is 3. The van der Waals surface area contributed by atoms with Crippen molar-refractivity contribution >= 4 is 23.0 Å². The first-order valence-corrected chi connectivity index (χ1v) is 10.9. The smallest absolute Gasteiger partial charge is 0.299 e. The lowest BCUT2D eigenvalue weighted by Crippen LogP contribution is -2.66. The number of oxazole rings is 1. The molecule has 3 unspecified atom stereocenters. The van der Waals surface area contributed by atoms with Gasteiger partial charge in [-0.15, -0.1) is 0 Å². The number of nitrogens with zero attached hydrogens (tertiary/aromatic N) is 3. The van der Waals surface area contributed by atoms with E-state index in [4.69, 9.17) is 18.9 Å². The van der Waals surface area contributed by atoms with Gasteiger partial charge in [0.1, 0.15) is 23.1 Å². The third-order valence-corrected chi connectivity index (χ3v) is 7.02. The second-order valence-electron chi connectivity index (χ2n) is 8.51. The highest BCUT2D eigenvalue weighted by atomic mass is 16.5. The van der Waals surface area contributed by atoms with Crippen molar-refractivity contribution in [3.05, 3.63) is 47.5 Å². The Morgan fingerprint density at radius 2 is 2.00 bits per heavy atom. The molecule has 6 rings (SSSR count). The first-order valence-electron chi connectivity index (χ1n) is 10.9. The van der Waals surface area contributed by atoms with Crippen LogP contribution in [0.25, 0.3) is 11.1 Å². The molecule has 3 aromatic rings. The maximum Gasteiger partial charge on any atom is 0.299 e. The first kappa shape index (κ1) is 18.5. The molecule has 2 fully saturated rings. The Labute approximate surface area is 180 Å². The fourth-order valence-electron chi connectivity index (χ4n) is 5.69. The highest BCUT2D eigenvalue weighted by Gasteiger charge is 2.53. The van der Waals surface area contributed by atoms with E-state index in [9.17, 15) is 4.79 Å². The number of carbonyl (C=O) groups excluding carboxylic acids is 1. The standard InChI is InChI=1S/C24H25N3O4/c1-29-15-12-14-10-11-26-22(21(14)20(13-15)30-2)17-7-5-8-18(23(26)28)27(17)24-25-16-6-3-4-9-19(16)31-24/h3-4,6,9,12-13,17-18,22H,5,7-8,10-11H2,1-2H3. The van der Waals surface area contributed by atoms with Crippen molar-refractivity contribution in [3.63, 3.8) is 0 Å². The van der Waals surface area contributed by atoms with Crippen molar-refractivity contribution in [1.82, 2.24) is 9.88 Å². The number of hydrogen-bond donors (Lipinski definition) is 0. The molecule has 0 spiro atoms. The van der Waals surface area contributed by atoms with Crippen LogP contribution in [0.4, 0.5) is 6.01 Å². The summed E-state index contributed by atoms with van der Waals surface area (Å²) >= 11 is 0. The molecule has 4 heterocycles. The number of amides is 1. The van der Waals surface area contributed by atoms with Crippen LogP contribution in [-0.4, -0.2) is 48.6 Å². The topological polar surface area (TPSA) is 68.0 Å². The summed E-state index contributed by atoms with van der Waals surface area (Å²) in [5.74, 6) is 1.72. The summed E-state index contributed by atoms with van der Waals surface area (Å²) in [7, 11) is 3.35. The number of ether oxygens (including phenoxy) is 2. The van der Waals surface area contributed by atoms with Crippen molar-refractivity contribution in [2.24, 2.45) is 0 Å².